The molecular weight excluding hydrogens is 416 g/mol. The maximum absolute atomic E-state index is 13.1. The molecule has 7 heteroatoms. The summed E-state index contributed by atoms with van der Waals surface area (Å²) in [7, 11) is 2.00. The van der Waals surface area contributed by atoms with E-state index in [0.717, 1.165) is 29.1 Å². The van der Waals surface area contributed by atoms with Crippen LogP contribution in [0.4, 0.5) is 10.5 Å². The quantitative estimate of drug-likeness (QED) is 0.477. The van der Waals surface area contributed by atoms with Crippen molar-refractivity contribution in [3.8, 4) is 0 Å². The van der Waals surface area contributed by atoms with Crippen LogP contribution in [0.15, 0.2) is 54.6 Å². The Morgan fingerprint density at radius 3 is 2.30 bits per heavy atom. The van der Waals surface area contributed by atoms with E-state index in [2.05, 4.69) is 36.3 Å². The number of urea groups is 1. The largest absolute Gasteiger partial charge is 0.375 e. The number of anilines is 1. The maximum Gasteiger partial charge on any atom is 0.325 e. The van der Waals surface area contributed by atoms with Gasteiger partial charge in [-0.1, -0.05) is 63.2 Å². The summed E-state index contributed by atoms with van der Waals surface area (Å²) < 4.78 is 0. The maximum atomic E-state index is 13.1. The minimum Gasteiger partial charge on any atom is -0.375 e. The Morgan fingerprint density at radius 2 is 1.70 bits per heavy atom. The first kappa shape index (κ1) is 24.3. The topological polar surface area (TPSA) is 81.8 Å². The Bertz CT molecular complexity index is 998. The van der Waals surface area contributed by atoms with Crippen LogP contribution in [0.25, 0.3) is 0 Å². The molecule has 2 aromatic carbocycles. The summed E-state index contributed by atoms with van der Waals surface area (Å²) in [5.41, 5.74) is 1.74. The molecule has 0 bridgehead atoms. The number of nitrogens with zero attached hydrogens (tertiary/aromatic N) is 2. The second-order valence-corrected chi connectivity index (χ2v) is 9.73. The minimum atomic E-state index is -1.19. The highest BCUT2D eigenvalue weighted by molar-refractivity contribution is 6.09. The molecule has 33 heavy (non-hydrogen) atoms. The predicted molar refractivity (Wildman–Crippen MR) is 130 cm³/mol. The number of amides is 4. The fourth-order valence-corrected chi connectivity index (χ4v) is 3.89. The van der Waals surface area contributed by atoms with Gasteiger partial charge in [0.2, 0.25) is 5.91 Å². The molecule has 1 saturated heterocycles. The normalized spacial score (nSPS) is 18.3. The van der Waals surface area contributed by atoms with Crippen LogP contribution in [0, 0.1) is 0 Å². The molecule has 1 fully saturated rings. The lowest BCUT2D eigenvalue weighted by Gasteiger charge is -2.24. The standard InChI is InChI=1S/C26H34N4O3/c1-25(2,3)19-12-14-20(15-13-19)26(4)23(32)30(24(33)28-26)18-22(31)27-16-9-17-29(5)21-10-7-6-8-11-21/h6-8,10-15H,9,16-18H2,1-5H3,(H,27,31)(H,28,33). The van der Waals surface area contributed by atoms with Crippen LogP contribution in [0.2, 0.25) is 0 Å². The second-order valence-electron chi connectivity index (χ2n) is 9.73. The molecule has 1 aliphatic heterocycles. The third kappa shape index (κ3) is 5.53. The lowest BCUT2D eigenvalue weighted by atomic mass is 9.84. The molecule has 1 heterocycles. The smallest absolute Gasteiger partial charge is 0.325 e. The van der Waals surface area contributed by atoms with Gasteiger partial charge in [-0.15, -0.1) is 0 Å². The van der Waals surface area contributed by atoms with Gasteiger partial charge >= 0.3 is 6.03 Å². The first-order valence-corrected chi connectivity index (χ1v) is 11.3. The molecule has 0 radical (unpaired) electrons. The molecule has 1 aliphatic rings. The summed E-state index contributed by atoms with van der Waals surface area (Å²) in [6.07, 6.45) is 0.745. The Hall–Kier alpha value is -3.35. The van der Waals surface area contributed by atoms with Gasteiger partial charge in [-0.05, 0) is 42.0 Å². The zero-order chi connectivity index (χ0) is 24.2. The van der Waals surface area contributed by atoms with Crippen molar-refractivity contribution < 1.29 is 14.4 Å². The number of para-hydroxylation sites is 1. The molecule has 0 aromatic heterocycles. The van der Waals surface area contributed by atoms with E-state index >= 15 is 0 Å². The molecular formula is C26H34N4O3. The van der Waals surface area contributed by atoms with E-state index in [4.69, 9.17) is 0 Å². The SMILES string of the molecule is CN(CCCNC(=O)CN1C(=O)NC(C)(c2ccc(C(C)(C)C)cc2)C1=O)c1ccccc1. The summed E-state index contributed by atoms with van der Waals surface area (Å²) in [5, 5.41) is 5.57. The van der Waals surface area contributed by atoms with Gasteiger partial charge in [-0.25, -0.2) is 4.79 Å². The average Bonchev–Trinajstić information content (AvgIpc) is 3.00. The van der Waals surface area contributed by atoms with E-state index in [-0.39, 0.29) is 17.9 Å². The Morgan fingerprint density at radius 1 is 1.06 bits per heavy atom. The zero-order valence-electron chi connectivity index (χ0n) is 20.1. The number of carbonyl (C=O) groups is 3. The van der Waals surface area contributed by atoms with Crippen molar-refractivity contribution in [1.29, 1.82) is 0 Å². The lowest BCUT2D eigenvalue weighted by Crippen LogP contribution is -2.43. The van der Waals surface area contributed by atoms with Crippen molar-refractivity contribution in [2.24, 2.45) is 0 Å². The van der Waals surface area contributed by atoms with E-state index in [0.29, 0.717) is 12.1 Å². The molecule has 3 rings (SSSR count). The van der Waals surface area contributed by atoms with Gasteiger partial charge in [0.1, 0.15) is 12.1 Å². The van der Waals surface area contributed by atoms with Crippen molar-refractivity contribution in [2.75, 3.05) is 31.6 Å². The summed E-state index contributed by atoms with van der Waals surface area (Å²) in [4.78, 5) is 41.1. The summed E-state index contributed by atoms with van der Waals surface area (Å²) in [5.74, 6) is -0.775. The highest BCUT2D eigenvalue weighted by Crippen LogP contribution is 2.31. The summed E-state index contributed by atoms with van der Waals surface area (Å²) >= 11 is 0. The summed E-state index contributed by atoms with van der Waals surface area (Å²) in [6, 6.07) is 17.1. The monoisotopic (exact) mass is 450 g/mol. The van der Waals surface area contributed by atoms with Gasteiger partial charge in [0.25, 0.3) is 5.91 Å². The molecule has 0 saturated carbocycles. The number of rotatable bonds is 8. The Kier molecular flexibility index (Phi) is 7.10. The van der Waals surface area contributed by atoms with Crippen LogP contribution >= 0.6 is 0 Å². The van der Waals surface area contributed by atoms with Crippen molar-refractivity contribution in [1.82, 2.24) is 15.5 Å². The van der Waals surface area contributed by atoms with E-state index in [1.165, 1.54) is 0 Å². The first-order chi connectivity index (χ1) is 15.5. The van der Waals surface area contributed by atoms with Crippen molar-refractivity contribution >= 4 is 23.5 Å². The molecule has 2 N–H and O–H groups in total. The highest BCUT2D eigenvalue weighted by Gasteiger charge is 2.49. The van der Waals surface area contributed by atoms with Crippen molar-refractivity contribution in [3.63, 3.8) is 0 Å². The van der Waals surface area contributed by atoms with E-state index in [9.17, 15) is 14.4 Å². The minimum absolute atomic E-state index is 0.0115. The van der Waals surface area contributed by atoms with Gasteiger partial charge in [0.05, 0.1) is 0 Å². The molecule has 176 valence electrons. The Balaban J connectivity index is 1.53. The summed E-state index contributed by atoms with van der Waals surface area (Å²) in [6.45, 7) is 8.97. The molecule has 0 spiro atoms. The molecule has 0 aliphatic carbocycles. The first-order valence-electron chi connectivity index (χ1n) is 11.3. The van der Waals surface area contributed by atoms with E-state index in [1.54, 1.807) is 6.92 Å². The predicted octanol–water partition coefficient (Wildman–Crippen LogP) is 3.39. The van der Waals surface area contributed by atoms with Gasteiger partial charge < -0.3 is 15.5 Å². The van der Waals surface area contributed by atoms with Gasteiger partial charge in [-0.2, -0.15) is 0 Å². The van der Waals surface area contributed by atoms with Crippen molar-refractivity contribution in [2.45, 2.75) is 45.1 Å². The van der Waals surface area contributed by atoms with Gasteiger partial charge in [0, 0.05) is 25.8 Å². The number of carbonyl (C=O) groups excluding carboxylic acids is 3. The number of hydrogen-bond donors (Lipinski definition) is 2. The van der Waals surface area contributed by atoms with Crippen LogP contribution in [-0.4, -0.2) is 49.4 Å². The number of hydrogen-bond acceptors (Lipinski definition) is 4. The average molecular weight is 451 g/mol. The highest BCUT2D eigenvalue weighted by atomic mass is 16.2. The van der Waals surface area contributed by atoms with E-state index < -0.39 is 17.5 Å². The number of imide groups is 1. The van der Waals surface area contributed by atoms with Crippen LogP contribution in [-0.2, 0) is 20.5 Å². The fourth-order valence-electron chi connectivity index (χ4n) is 3.89. The van der Waals surface area contributed by atoms with Crippen LogP contribution < -0.4 is 15.5 Å². The van der Waals surface area contributed by atoms with E-state index in [1.807, 2.05) is 61.6 Å². The third-order valence-corrected chi connectivity index (χ3v) is 6.09. The van der Waals surface area contributed by atoms with Crippen molar-refractivity contribution in [3.05, 3.63) is 65.7 Å². The number of nitrogens with one attached hydrogen (secondary N) is 2. The van der Waals surface area contributed by atoms with Crippen LogP contribution in [0.5, 0.6) is 0 Å². The molecule has 2 aromatic rings. The molecule has 4 amide bonds. The molecule has 7 nitrogen and oxygen atoms in total. The zero-order valence-corrected chi connectivity index (χ0v) is 20.1. The Labute approximate surface area is 196 Å². The lowest BCUT2D eigenvalue weighted by molar-refractivity contribution is -0.134. The number of benzene rings is 2. The molecule has 1 unspecified atom stereocenters. The third-order valence-electron chi connectivity index (χ3n) is 6.09. The van der Waals surface area contributed by atoms with Crippen LogP contribution in [0.1, 0.15) is 45.2 Å². The van der Waals surface area contributed by atoms with Gasteiger partial charge in [0.15, 0.2) is 0 Å². The fraction of sp³-hybridized carbons (Fsp3) is 0.423. The van der Waals surface area contributed by atoms with Crippen LogP contribution in [0.3, 0.4) is 0 Å². The molecule has 1 atom stereocenters. The van der Waals surface area contributed by atoms with Gasteiger partial charge in [-0.3, -0.25) is 14.5 Å². The second kappa shape index (κ2) is 9.65.